The second-order valence-corrected chi connectivity index (χ2v) is 6.26. The van der Waals surface area contributed by atoms with Crippen LogP contribution in [0.15, 0.2) is 6.07 Å². The number of carbonyl (C=O) groups excluding carboxylic acids is 1. The van der Waals surface area contributed by atoms with Gasteiger partial charge >= 0.3 is 0 Å². The van der Waals surface area contributed by atoms with E-state index in [1.165, 1.54) is 0 Å². The molecule has 0 unspecified atom stereocenters. The second kappa shape index (κ2) is 6.64. The summed E-state index contributed by atoms with van der Waals surface area (Å²) in [5.74, 6) is -0.00581. The third kappa shape index (κ3) is 5.40. The molecule has 0 rings (SSSR count). The van der Waals surface area contributed by atoms with Gasteiger partial charge in [-0.1, -0.05) is 6.92 Å². The number of nitrogens with one attached hydrogen (secondary N) is 1. The third-order valence-corrected chi connectivity index (χ3v) is 4.64. The minimum absolute atomic E-state index is 0.00581. The molecule has 0 aliphatic rings. The van der Waals surface area contributed by atoms with Crippen molar-refractivity contribution in [2.45, 2.75) is 13.3 Å². The van der Waals surface area contributed by atoms with E-state index in [0.29, 0.717) is 3.58 Å². The molecular formula is C6H8BrI2NO. The lowest BCUT2D eigenvalue weighted by Gasteiger charge is -2.01. The van der Waals surface area contributed by atoms with Crippen molar-refractivity contribution in [3.05, 3.63) is 6.07 Å². The number of rotatable bonds is 3. The summed E-state index contributed by atoms with van der Waals surface area (Å²) < 4.78 is 1.56. The Bertz CT molecular complexity index is 177. The second-order valence-electron chi connectivity index (χ2n) is 1.83. The van der Waals surface area contributed by atoms with Crippen LogP contribution < -0.4 is 5.32 Å². The van der Waals surface area contributed by atoms with Gasteiger partial charge in [0.15, 0.2) is 0 Å². The molecule has 0 heterocycles. The quantitative estimate of drug-likeness (QED) is 0.527. The number of hydrogen-bond donors (Lipinski definition) is 1. The summed E-state index contributed by atoms with van der Waals surface area (Å²) in [5, 5.41) is 2.77. The zero-order valence-corrected chi connectivity index (χ0v) is 11.9. The first-order valence-electron chi connectivity index (χ1n) is 3.08. The molecular weight excluding hydrogens is 436 g/mol. The van der Waals surface area contributed by atoms with Crippen LogP contribution in [0.1, 0.15) is 13.3 Å². The van der Waals surface area contributed by atoms with E-state index >= 15 is 0 Å². The molecule has 0 aliphatic carbocycles. The normalized spacial score (nSPS) is 12.4. The van der Waals surface area contributed by atoms with Gasteiger partial charge in [0.05, 0.1) is 6.07 Å². The Balaban J connectivity index is 3.95. The van der Waals surface area contributed by atoms with Crippen LogP contribution >= 0.6 is 61.1 Å². The van der Waals surface area contributed by atoms with E-state index in [1.54, 1.807) is 0 Å². The Morgan fingerprint density at radius 1 is 1.55 bits per heavy atom. The number of halogens is 3. The van der Waals surface area contributed by atoms with Crippen molar-refractivity contribution >= 4 is 67.0 Å². The van der Waals surface area contributed by atoms with Crippen molar-refractivity contribution in [3.63, 3.8) is 0 Å². The van der Waals surface area contributed by atoms with Crippen LogP contribution in [0.4, 0.5) is 0 Å². The highest BCUT2D eigenvalue weighted by Gasteiger charge is 2.06. The lowest BCUT2D eigenvalue weighted by Crippen LogP contribution is -2.23. The van der Waals surface area contributed by atoms with Crippen LogP contribution in [-0.4, -0.2) is 12.5 Å². The Labute approximate surface area is 102 Å². The molecule has 0 fully saturated rings. The van der Waals surface area contributed by atoms with Gasteiger partial charge in [0.1, 0.15) is 0 Å². The Kier molecular flexibility index (Phi) is 7.34. The van der Waals surface area contributed by atoms with Gasteiger partial charge in [0.25, 0.3) is 5.91 Å². The summed E-state index contributed by atoms with van der Waals surface area (Å²) in [6.07, 6.45) is 0.967. The SMILES string of the molecule is CCCNC(=O)/C(I)=C(/Br)I. The molecule has 0 radical (unpaired) electrons. The minimum atomic E-state index is -0.00581. The molecule has 0 atom stereocenters. The maximum Gasteiger partial charge on any atom is 0.259 e. The van der Waals surface area contributed by atoms with Crippen molar-refractivity contribution in [1.29, 1.82) is 0 Å². The average Bonchev–Trinajstić information content (AvgIpc) is 1.98. The third-order valence-electron chi connectivity index (χ3n) is 0.901. The molecule has 2 nitrogen and oxygen atoms in total. The van der Waals surface area contributed by atoms with Crippen LogP contribution in [0.25, 0.3) is 0 Å². The summed E-state index contributed by atoms with van der Waals surface area (Å²) in [6.45, 7) is 2.76. The first kappa shape index (κ1) is 12.2. The smallest absolute Gasteiger partial charge is 0.259 e. The van der Waals surface area contributed by atoms with Gasteiger partial charge in [-0.25, -0.2) is 0 Å². The number of hydrogen-bond acceptors (Lipinski definition) is 1. The van der Waals surface area contributed by atoms with E-state index in [1.807, 2.05) is 29.5 Å². The zero-order chi connectivity index (χ0) is 8.85. The Morgan fingerprint density at radius 2 is 2.09 bits per heavy atom. The Hall–Kier alpha value is 1.15. The van der Waals surface area contributed by atoms with Gasteiger partial charge in [-0.15, -0.1) is 0 Å². The first-order chi connectivity index (χ1) is 5.09. The largest absolute Gasteiger partial charge is 0.352 e. The molecule has 1 amide bonds. The molecule has 0 aliphatic heterocycles. The van der Waals surface area contributed by atoms with E-state index in [2.05, 4.69) is 43.8 Å². The predicted octanol–water partition coefficient (Wildman–Crippen LogP) is 2.95. The monoisotopic (exact) mass is 443 g/mol. The zero-order valence-electron chi connectivity index (χ0n) is 5.96. The fourth-order valence-corrected chi connectivity index (χ4v) is 1.02. The average molecular weight is 444 g/mol. The number of amides is 1. The molecule has 0 bridgehead atoms. The van der Waals surface area contributed by atoms with Crippen molar-refractivity contribution < 1.29 is 4.79 Å². The van der Waals surface area contributed by atoms with Crippen LogP contribution in [0.2, 0.25) is 0 Å². The van der Waals surface area contributed by atoms with Gasteiger partial charge < -0.3 is 5.32 Å². The molecule has 0 aromatic heterocycles. The molecule has 64 valence electrons. The first-order valence-corrected chi connectivity index (χ1v) is 6.03. The van der Waals surface area contributed by atoms with E-state index in [0.717, 1.165) is 15.5 Å². The van der Waals surface area contributed by atoms with E-state index in [4.69, 9.17) is 0 Å². The van der Waals surface area contributed by atoms with Crippen LogP contribution in [-0.2, 0) is 4.79 Å². The highest BCUT2D eigenvalue weighted by Crippen LogP contribution is 2.24. The van der Waals surface area contributed by atoms with Crippen molar-refractivity contribution in [3.8, 4) is 0 Å². The fraction of sp³-hybridized carbons (Fsp3) is 0.500. The van der Waals surface area contributed by atoms with Gasteiger partial charge in [-0.05, 0) is 67.5 Å². The van der Waals surface area contributed by atoms with Gasteiger partial charge in [-0.3, -0.25) is 4.79 Å². The lowest BCUT2D eigenvalue weighted by atomic mass is 10.4. The van der Waals surface area contributed by atoms with Crippen LogP contribution in [0.5, 0.6) is 0 Å². The highest BCUT2D eigenvalue weighted by atomic mass is 127. The van der Waals surface area contributed by atoms with Gasteiger partial charge in [0.2, 0.25) is 0 Å². The van der Waals surface area contributed by atoms with E-state index in [-0.39, 0.29) is 5.91 Å². The molecule has 11 heavy (non-hydrogen) atoms. The topological polar surface area (TPSA) is 29.1 Å². The van der Waals surface area contributed by atoms with Crippen molar-refractivity contribution in [2.24, 2.45) is 0 Å². The summed E-state index contributed by atoms with van der Waals surface area (Å²) in [6, 6.07) is 0. The van der Waals surface area contributed by atoms with E-state index < -0.39 is 0 Å². The lowest BCUT2D eigenvalue weighted by molar-refractivity contribution is -0.116. The molecule has 0 spiro atoms. The standard InChI is InChI=1S/C6H8BrI2NO/c1-2-3-10-6(11)4(8)5(7)9/h2-3H2,1H3,(H,10,11)/b5-4+. The maximum atomic E-state index is 11.1. The molecule has 0 saturated heterocycles. The molecule has 0 saturated carbocycles. The van der Waals surface area contributed by atoms with Gasteiger partial charge in [0, 0.05) is 6.54 Å². The molecule has 0 aromatic rings. The summed E-state index contributed by atoms with van der Waals surface area (Å²) in [5.41, 5.74) is 0. The van der Waals surface area contributed by atoms with Crippen molar-refractivity contribution in [1.82, 2.24) is 5.32 Å². The molecule has 5 heteroatoms. The van der Waals surface area contributed by atoms with E-state index in [9.17, 15) is 4.79 Å². The maximum absolute atomic E-state index is 11.1. The molecule has 1 N–H and O–H groups in total. The fourth-order valence-electron chi connectivity index (χ4n) is 0.402. The summed E-state index contributed by atoms with van der Waals surface area (Å²) in [7, 11) is 0. The van der Waals surface area contributed by atoms with Gasteiger partial charge in [-0.2, -0.15) is 0 Å². The highest BCUT2D eigenvalue weighted by molar-refractivity contribution is 14.1. The minimum Gasteiger partial charge on any atom is -0.352 e. The van der Waals surface area contributed by atoms with Crippen LogP contribution in [0.3, 0.4) is 0 Å². The number of carbonyl (C=O) groups is 1. The summed E-state index contributed by atoms with van der Waals surface area (Å²) in [4.78, 5) is 11.1. The molecule has 0 aromatic carbocycles. The van der Waals surface area contributed by atoms with Crippen molar-refractivity contribution in [2.75, 3.05) is 6.54 Å². The van der Waals surface area contributed by atoms with Crippen LogP contribution in [0, 0.1) is 0 Å². The Morgan fingerprint density at radius 3 is 2.45 bits per heavy atom. The summed E-state index contributed by atoms with van der Waals surface area (Å²) >= 11 is 7.30. The predicted molar refractivity (Wildman–Crippen MR) is 67.3 cm³/mol.